The van der Waals surface area contributed by atoms with Crippen molar-refractivity contribution < 1.29 is 29.0 Å². The molecule has 29 heavy (non-hydrogen) atoms. The highest BCUT2D eigenvalue weighted by Gasteiger charge is 2.36. The maximum absolute atomic E-state index is 12.8. The van der Waals surface area contributed by atoms with Gasteiger partial charge in [0.2, 0.25) is 0 Å². The highest BCUT2D eigenvalue weighted by Crippen LogP contribution is 2.23. The summed E-state index contributed by atoms with van der Waals surface area (Å²) in [6.45, 7) is 3.28. The van der Waals surface area contributed by atoms with Gasteiger partial charge in [-0.2, -0.15) is 0 Å². The van der Waals surface area contributed by atoms with Gasteiger partial charge in [-0.25, -0.2) is 14.5 Å². The summed E-state index contributed by atoms with van der Waals surface area (Å²) >= 11 is 0. The highest BCUT2D eigenvalue weighted by molar-refractivity contribution is 6.39. The minimum Gasteiger partial charge on any atom is -0.479 e. The zero-order valence-electron chi connectivity index (χ0n) is 15.7. The zero-order valence-corrected chi connectivity index (χ0v) is 15.7. The average Bonchev–Trinajstić information content (AvgIpc) is 2.67. The van der Waals surface area contributed by atoms with Crippen LogP contribution in [0.3, 0.4) is 0 Å². The molecule has 2 aromatic rings. The molecule has 2 N–H and O–H groups in total. The molecule has 3 rings (SSSR count). The number of aliphatic carboxylic acids is 1. The standard InChI is InChI=1S/C21H18N2O6/c1-12-3-7-15(8-4-12)23-19(25)17(18(24)22-21(23)28)11-14-5-9-16(10-6-14)29-13(2)20(26)27/h3-11,13H,1-2H3,(H,26,27)(H,22,24,28)/b17-11-. The van der Waals surface area contributed by atoms with E-state index >= 15 is 0 Å². The monoisotopic (exact) mass is 394 g/mol. The molecular weight excluding hydrogens is 376 g/mol. The average molecular weight is 394 g/mol. The van der Waals surface area contributed by atoms with Crippen LogP contribution in [-0.4, -0.2) is 35.0 Å². The Morgan fingerprint density at radius 1 is 1.07 bits per heavy atom. The first-order chi connectivity index (χ1) is 13.8. The summed E-state index contributed by atoms with van der Waals surface area (Å²) in [5.41, 5.74) is 1.63. The number of hydrogen-bond donors (Lipinski definition) is 2. The van der Waals surface area contributed by atoms with Gasteiger partial charge in [-0.15, -0.1) is 0 Å². The van der Waals surface area contributed by atoms with Crippen molar-refractivity contribution in [3.63, 3.8) is 0 Å². The van der Waals surface area contributed by atoms with Crippen LogP contribution in [0.4, 0.5) is 10.5 Å². The fourth-order valence-corrected chi connectivity index (χ4v) is 2.65. The first-order valence-electron chi connectivity index (χ1n) is 8.74. The number of nitrogens with one attached hydrogen (secondary N) is 1. The highest BCUT2D eigenvalue weighted by atomic mass is 16.5. The van der Waals surface area contributed by atoms with Crippen molar-refractivity contribution in [3.05, 3.63) is 65.2 Å². The topological polar surface area (TPSA) is 113 Å². The number of amides is 4. The number of carboxylic acids is 1. The Hall–Kier alpha value is -3.94. The summed E-state index contributed by atoms with van der Waals surface area (Å²) in [7, 11) is 0. The normalized spacial score (nSPS) is 16.6. The summed E-state index contributed by atoms with van der Waals surface area (Å²) in [6, 6.07) is 12.1. The van der Waals surface area contributed by atoms with Crippen LogP contribution in [0.25, 0.3) is 6.08 Å². The number of aryl methyl sites for hydroxylation is 1. The second-order valence-corrected chi connectivity index (χ2v) is 6.46. The maximum Gasteiger partial charge on any atom is 0.344 e. The van der Waals surface area contributed by atoms with Crippen LogP contribution in [0.1, 0.15) is 18.1 Å². The molecule has 8 nitrogen and oxygen atoms in total. The van der Waals surface area contributed by atoms with Gasteiger partial charge in [-0.1, -0.05) is 29.8 Å². The van der Waals surface area contributed by atoms with E-state index in [1.165, 1.54) is 25.1 Å². The third-order valence-corrected chi connectivity index (χ3v) is 4.25. The number of carbonyl (C=O) groups is 4. The Morgan fingerprint density at radius 2 is 1.69 bits per heavy atom. The fourth-order valence-electron chi connectivity index (χ4n) is 2.65. The van der Waals surface area contributed by atoms with E-state index in [4.69, 9.17) is 9.84 Å². The number of anilines is 1. The van der Waals surface area contributed by atoms with Crippen LogP contribution in [0, 0.1) is 6.92 Å². The number of carboxylic acid groups (broad SMARTS) is 1. The van der Waals surface area contributed by atoms with Gasteiger partial charge < -0.3 is 9.84 Å². The second-order valence-electron chi connectivity index (χ2n) is 6.46. The van der Waals surface area contributed by atoms with E-state index < -0.39 is 29.9 Å². The van der Waals surface area contributed by atoms with Crippen LogP contribution in [0.2, 0.25) is 0 Å². The van der Waals surface area contributed by atoms with E-state index in [0.717, 1.165) is 10.5 Å². The van der Waals surface area contributed by atoms with Crippen molar-refractivity contribution in [3.8, 4) is 5.75 Å². The largest absolute Gasteiger partial charge is 0.479 e. The molecule has 8 heteroatoms. The van der Waals surface area contributed by atoms with Gasteiger partial charge in [-0.3, -0.25) is 14.9 Å². The third-order valence-electron chi connectivity index (χ3n) is 4.25. The summed E-state index contributed by atoms with van der Waals surface area (Å²) in [4.78, 5) is 48.9. The van der Waals surface area contributed by atoms with E-state index in [-0.39, 0.29) is 5.57 Å². The van der Waals surface area contributed by atoms with Crippen LogP contribution in [0.5, 0.6) is 5.75 Å². The van der Waals surface area contributed by atoms with Crippen molar-refractivity contribution in [2.24, 2.45) is 0 Å². The van der Waals surface area contributed by atoms with Crippen LogP contribution < -0.4 is 15.0 Å². The number of benzene rings is 2. The van der Waals surface area contributed by atoms with E-state index in [1.807, 2.05) is 6.92 Å². The van der Waals surface area contributed by atoms with Crippen molar-refractivity contribution in [1.29, 1.82) is 0 Å². The zero-order chi connectivity index (χ0) is 21.1. The predicted molar refractivity (Wildman–Crippen MR) is 104 cm³/mol. The van der Waals surface area contributed by atoms with Crippen molar-refractivity contribution in [2.75, 3.05) is 4.90 Å². The molecule has 1 saturated heterocycles. The van der Waals surface area contributed by atoms with Crippen molar-refractivity contribution in [2.45, 2.75) is 20.0 Å². The molecule has 1 unspecified atom stereocenters. The molecule has 0 aliphatic carbocycles. The third kappa shape index (κ3) is 4.32. The molecule has 0 bridgehead atoms. The molecule has 1 aliphatic rings. The minimum absolute atomic E-state index is 0.197. The Morgan fingerprint density at radius 3 is 2.28 bits per heavy atom. The lowest BCUT2D eigenvalue weighted by Gasteiger charge is -2.26. The minimum atomic E-state index is -1.10. The number of ether oxygens (including phenoxy) is 1. The molecule has 1 heterocycles. The molecule has 0 radical (unpaired) electrons. The van der Waals surface area contributed by atoms with E-state index in [0.29, 0.717) is 17.0 Å². The Bertz CT molecular complexity index is 1010. The van der Waals surface area contributed by atoms with Gasteiger partial charge in [0.25, 0.3) is 11.8 Å². The number of nitrogens with zero attached hydrogens (tertiary/aromatic N) is 1. The van der Waals surface area contributed by atoms with Crippen molar-refractivity contribution >= 4 is 35.6 Å². The predicted octanol–water partition coefficient (Wildman–Crippen LogP) is 2.51. The number of urea groups is 1. The maximum atomic E-state index is 12.8. The van der Waals surface area contributed by atoms with Gasteiger partial charge in [0.05, 0.1) is 5.69 Å². The number of imide groups is 2. The van der Waals surface area contributed by atoms with Crippen molar-refractivity contribution in [1.82, 2.24) is 5.32 Å². The number of hydrogen-bond acceptors (Lipinski definition) is 5. The molecule has 1 aliphatic heterocycles. The molecule has 0 saturated carbocycles. The molecule has 0 spiro atoms. The lowest BCUT2D eigenvalue weighted by molar-refractivity contribution is -0.144. The Balaban J connectivity index is 1.86. The SMILES string of the molecule is Cc1ccc(N2C(=O)NC(=O)/C(=C/c3ccc(OC(C)C(=O)O)cc3)C2=O)cc1. The molecule has 1 fully saturated rings. The quantitative estimate of drug-likeness (QED) is 0.595. The molecule has 148 valence electrons. The van der Waals surface area contributed by atoms with Gasteiger partial charge in [-0.05, 0) is 49.8 Å². The smallest absolute Gasteiger partial charge is 0.344 e. The first-order valence-corrected chi connectivity index (χ1v) is 8.74. The van der Waals surface area contributed by atoms with Gasteiger partial charge in [0.1, 0.15) is 11.3 Å². The van der Waals surface area contributed by atoms with Gasteiger partial charge in [0.15, 0.2) is 6.10 Å². The van der Waals surface area contributed by atoms with E-state index in [9.17, 15) is 19.2 Å². The number of barbiturate groups is 1. The molecule has 2 aromatic carbocycles. The summed E-state index contributed by atoms with van der Waals surface area (Å²) in [5, 5.41) is 11.0. The van der Waals surface area contributed by atoms with E-state index in [2.05, 4.69) is 5.32 Å². The lowest BCUT2D eigenvalue weighted by Crippen LogP contribution is -2.54. The lowest BCUT2D eigenvalue weighted by atomic mass is 10.1. The van der Waals surface area contributed by atoms with Crippen LogP contribution in [0.15, 0.2) is 54.1 Å². The summed E-state index contributed by atoms with van der Waals surface area (Å²) in [5.74, 6) is -2.29. The number of carbonyl (C=O) groups excluding carboxylic acids is 3. The molecule has 0 aromatic heterocycles. The van der Waals surface area contributed by atoms with Crippen LogP contribution >= 0.6 is 0 Å². The Kier molecular flexibility index (Phi) is 5.45. The Labute approximate surface area is 166 Å². The first kappa shape index (κ1) is 19.8. The molecular formula is C21H18N2O6. The molecule has 4 amide bonds. The van der Waals surface area contributed by atoms with Crippen LogP contribution in [-0.2, 0) is 14.4 Å². The fraction of sp³-hybridized carbons (Fsp3) is 0.143. The van der Waals surface area contributed by atoms with E-state index in [1.54, 1.807) is 36.4 Å². The van der Waals surface area contributed by atoms with Gasteiger partial charge in [0, 0.05) is 0 Å². The summed E-state index contributed by atoms with van der Waals surface area (Å²) in [6.07, 6.45) is 0.342. The second kappa shape index (κ2) is 7.97. The summed E-state index contributed by atoms with van der Waals surface area (Å²) < 4.78 is 5.24. The van der Waals surface area contributed by atoms with Gasteiger partial charge >= 0.3 is 12.0 Å². The molecule has 1 atom stereocenters. The number of rotatable bonds is 5.